The lowest BCUT2D eigenvalue weighted by Crippen LogP contribution is -2.18. The predicted molar refractivity (Wildman–Crippen MR) is 85.9 cm³/mol. The van der Waals surface area contributed by atoms with Gasteiger partial charge in [-0.15, -0.1) is 11.3 Å². The van der Waals surface area contributed by atoms with Gasteiger partial charge in [-0.25, -0.2) is 8.78 Å². The highest BCUT2D eigenvalue weighted by Gasteiger charge is 2.23. The summed E-state index contributed by atoms with van der Waals surface area (Å²) < 4.78 is 28.1. The number of hydrogen-bond donors (Lipinski definition) is 2. The van der Waals surface area contributed by atoms with E-state index in [9.17, 15) is 8.78 Å². The number of nitrogens with two attached hydrogens (primary N) is 1. The van der Waals surface area contributed by atoms with Gasteiger partial charge in [-0.1, -0.05) is 12.2 Å². The van der Waals surface area contributed by atoms with Gasteiger partial charge >= 0.3 is 0 Å². The van der Waals surface area contributed by atoms with Crippen LogP contribution < -0.4 is 11.1 Å². The van der Waals surface area contributed by atoms with Crippen LogP contribution in [0.4, 0.5) is 14.5 Å². The van der Waals surface area contributed by atoms with Crippen LogP contribution in [0, 0.1) is 11.6 Å². The first kappa shape index (κ1) is 14.4. The third-order valence-electron chi connectivity index (χ3n) is 3.73. The van der Waals surface area contributed by atoms with Gasteiger partial charge in [-0.3, -0.25) is 0 Å². The van der Waals surface area contributed by atoms with Gasteiger partial charge in [0.05, 0.1) is 11.7 Å². The number of thiophene rings is 1. The minimum Gasteiger partial charge on any atom is -0.389 e. The van der Waals surface area contributed by atoms with Gasteiger partial charge in [0.15, 0.2) is 11.6 Å². The fourth-order valence-corrected chi connectivity index (χ4v) is 3.82. The summed E-state index contributed by atoms with van der Waals surface area (Å²) in [7, 11) is 0. The molecule has 0 radical (unpaired) electrons. The Labute approximate surface area is 131 Å². The molecule has 3 rings (SSSR count). The molecule has 0 saturated carbocycles. The van der Waals surface area contributed by atoms with E-state index < -0.39 is 11.6 Å². The van der Waals surface area contributed by atoms with Crippen LogP contribution in [0.5, 0.6) is 0 Å². The predicted octanol–water partition coefficient (Wildman–Crippen LogP) is 4.15. The lowest BCUT2D eigenvalue weighted by molar-refractivity contribution is 0.506. The highest BCUT2D eigenvalue weighted by molar-refractivity contribution is 7.80. The van der Waals surface area contributed by atoms with Gasteiger partial charge in [-0.2, -0.15) is 0 Å². The first-order valence-corrected chi connectivity index (χ1v) is 7.97. The summed E-state index contributed by atoms with van der Waals surface area (Å²) in [4.78, 5) is 1.18. The average Bonchev–Trinajstić information content (AvgIpc) is 2.93. The second kappa shape index (κ2) is 5.69. The van der Waals surface area contributed by atoms with Crippen LogP contribution in [0.3, 0.4) is 0 Å². The lowest BCUT2D eigenvalue weighted by atomic mass is 9.94. The van der Waals surface area contributed by atoms with Gasteiger partial charge in [0.25, 0.3) is 0 Å². The Morgan fingerprint density at radius 3 is 2.86 bits per heavy atom. The Morgan fingerprint density at radius 2 is 2.10 bits per heavy atom. The van der Waals surface area contributed by atoms with E-state index in [4.69, 9.17) is 18.0 Å². The van der Waals surface area contributed by atoms with E-state index in [1.54, 1.807) is 11.3 Å². The van der Waals surface area contributed by atoms with Crippen molar-refractivity contribution in [2.24, 2.45) is 5.73 Å². The SMILES string of the molecule is NC(=S)c1ccc(NC2CCCc3sccc32)c(F)c1F. The Kier molecular flexibility index (Phi) is 3.91. The van der Waals surface area contributed by atoms with Gasteiger partial charge in [0.2, 0.25) is 0 Å². The molecule has 1 heterocycles. The molecule has 1 unspecified atom stereocenters. The van der Waals surface area contributed by atoms with Crippen molar-refractivity contribution in [2.45, 2.75) is 25.3 Å². The summed E-state index contributed by atoms with van der Waals surface area (Å²) in [6.07, 6.45) is 3.00. The number of rotatable bonds is 3. The molecule has 0 aliphatic heterocycles. The molecule has 1 atom stereocenters. The van der Waals surface area contributed by atoms with Crippen molar-refractivity contribution in [1.29, 1.82) is 0 Å². The number of aryl methyl sites for hydroxylation is 1. The molecule has 2 aromatic rings. The average molecular weight is 324 g/mol. The zero-order valence-corrected chi connectivity index (χ0v) is 12.8. The summed E-state index contributed by atoms with van der Waals surface area (Å²) in [6, 6.07) is 4.98. The molecule has 0 saturated heterocycles. The van der Waals surface area contributed by atoms with Gasteiger partial charge in [0, 0.05) is 10.4 Å². The Balaban J connectivity index is 1.90. The maximum Gasteiger partial charge on any atom is 0.182 e. The maximum atomic E-state index is 14.1. The highest BCUT2D eigenvalue weighted by Crippen LogP contribution is 2.36. The van der Waals surface area contributed by atoms with E-state index in [0.29, 0.717) is 0 Å². The van der Waals surface area contributed by atoms with E-state index in [1.807, 2.05) is 5.38 Å². The van der Waals surface area contributed by atoms with Gasteiger partial charge in [0.1, 0.15) is 4.99 Å². The molecule has 1 aromatic heterocycles. The summed E-state index contributed by atoms with van der Waals surface area (Å²) in [5.41, 5.74) is 6.65. The molecule has 0 fully saturated rings. The van der Waals surface area contributed by atoms with Crippen molar-refractivity contribution in [2.75, 3.05) is 5.32 Å². The van der Waals surface area contributed by atoms with Crippen LogP contribution >= 0.6 is 23.6 Å². The molecule has 1 aliphatic rings. The van der Waals surface area contributed by atoms with Gasteiger partial charge in [-0.05, 0) is 48.4 Å². The minimum absolute atomic E-state index is 0.0181. The summed E-state index contributed by atoms with van der Waals surface area (Å²) >= 11 is 6.42. The zero-order chi connectivity index (χ0) is 15.0. The van der Waals surface area contributed by atoms with Crippen LogP contribution in [-0.4, -0.2) is 4.99 Å². The molecule has 2 nitrogen and oxygen atoms in total. The lowest BCUT2D eigenvalue weighted by Gasteiger charge is -2.25. The quantitative estimate of drug-likeness (QED) is 0.833. The number of anilines is 1. The van der Waals surface area contributed by atoms with E-state index >= 15 is 0 Å². The highest BCUT2D eigenvalue weighted by atomic mass is 32.1. The van der Waals surface area contributed by atoms with E-state index in [1.165, 1.54) is 22.6 Å². The molecule has 0 bridgehead atoms. The van der Waals surface area contributed by atoms with E-state index in [0.717, 1.165) is 19.3 Å². The molecule has 6 heteroatoms. The molecule has 1 aliphatic carbocycles. The van der Waals surface area contributed by atoms with Crippen molar-refractivity contribution >= 4 is 34.2 Å². The number of nitrogens with one attached hydrogen (secondary N) is 1. The summed E-state index contributed by atoms with van der Waals surface area (Å²) in [5.74, 6) is -1.92. The number of benzene rings is 1. The zero-order valence-electron chi connectivity index (χ0n) is 11.2. The molecule has 21 heavy (non-hydrogen) atoms. The van der Waals surface area contributed by atoms with Crippen LogP contribution in [-0.2, 0) is 6.42 Å². The van der Waals surface area contributed by atoms with Gasteiger partial charge < -0.3 is 11.1 Å². The Hall–Kier alpha value is -1.53. The van der Waals surface area contributed by atoms with Crippen LogP contribution in [0.2, 0.25) is 0 Å². The number of hydrogen-bond acceptors (Lipinski definition) is 3. The first-order valence-electron chi connectivity index (χ1n) is 6.68. The molecule has 110 valence electrons. The van der Waals surface area contributed by atoms with Crippen molar-refractivity contribution in [3.05, 3.63) is 51.2 Å². The normalized spacial score (nSPS) is 17.3. The number of halogens is 2. The molecular formula is C15H14F2N2S2. The van der Waals surface area contributed by atoms with Crippen molar-refractivity contribution in [3.63, 3.8) is 0 Å². The number of fused-ring (bicyclic) bond motifs is 1. The fraction of sp³-hybridized carbons (Fsp3) is 0.267. The third kappa shape index (κ3) is 2.65. The molecule has 0 amide bonds. The first-order chi connectivity index (χ1) is 10.1. The van der Waals surface area contributed by atoms with Crippen molar-refractivity contribution in [3.8, 4) is 0 Å². The molecule has 0 spiro atoms. The molecule has 3 N–H and O–H groups in total. The topological polar surface area (TPSA) is 38.0 Å². The number of thiocarbonyl (C=S) groups is 1. The third-order valence-corrected chi connectivity index (χ3v) is 4.95. The fourth-order valence-electron chi connectivity index (χ4n) is 2.68. The monoisotopic (exact) mass is 324 g/mol. The minimum atomic E-state index is -0.992. The molecular weight excluding hydrogens is 310 g/mol. The van der Waals surface area contributed by atoms with Crippen molar-refractivity contribution in [1.82, 2.24) is 0 Å². The van der Waals surface area contributed by atoms with Crippen LogP contribution in [0.25, 0.3) is 0 Å². The molecule has 1 aromatic carbocycles. The van der Waals surface area contributed by atoms with E-state index in [2.05, 4.69) is 11.4 Å². The summed E-state index contributed by atoms with van der Waals surface area (Å²) in [5, 5.41) is 5.15. The van der Waals surface area contributed by atoms with Crippen LogP contribution in [0.1, 0.15) is 34.9 Å². The standard InChI is InChI=1S/C15H14F2N2S2/c16-13-9(15(18)20)4-5-11(14(13)17)19-10-2-1-3-12-8(10)6-7-21-12/h4-7,10,19H,1-3H2,(H2,18,20). The second-order valence-electron chi connectivity index (χ2n) is 5.04. The largest absolute Gasteiger partial charge is 0.389 e. The maximum absolute atomic E-state index is 14.1. The van der Waals surface area contributed by atoms with Crippen LogP contribution in [0.15, 0.2) is 23.6 Å². The van der Waals surface area contributed by atoms with Crippen molar-refractivity contribution < 1.29 is 8.78 Å². The Bertz CT molecular complexity index is 697. The smallest absolute Gasteiger partial charge is 0.182 e. The summed E-state index contributed by atoms with van der Waals surface area (Å²) in [6.45, 7) is 0. The second-order valence-corrected chi connectivity index (χ2v) is 6.48. The van der Waals surface area contributed by atoms with E-state index in [-0.39, 0.29) is 22.3 Å². The Morgan fingerprint density at radius 1 is 1.29 bits per heavy atom.